The average molecular weight is 287 g/mol. The van der Waals surface area contributed by atoms with Crippen molar-refractivity contribution in [1.82, 2.24) is 0 Å². The van der Waals surface area contributed by atoms with E-state index in [1.807, 2.05) is 31.2 Å². The van der Waals surface area contributed by atoms with Crippen LogP contribution in [0.15, 0.2) is 24.3 Å². The van der Waals surface area contributed by atoms with Crippen molar-refractivity contribution >= 4 is 5.78 Å². The topological polar surface area (TPSA) is 50.1 Å². The van der Waals surface area contributed by atoms with Crippen LogP contribution in [-0.2, 0) is 4.79 Å². The Hall–Kier alpha value is -1.82. The van der Waals surface area contributed by atoms with Crippen LogP contribution in [0.1, 0.15) is 52.0 Å². The highest BCUT2D eigenvalue weighted by molar-refractivity contribution is 5.88. The molecule has 0 radical (unpaired) electrons. The van der Waals surface area contributed by atoms with Gasteiger partial charge in [-0.25, -0.2) is 0 Å². The SMILES string of the molecule is CCC(C)CC(=O)C(C#N)c1ccc(OCC(C)C)cc1. The van der Waals surface area contributed by atoms with Crippen LogP contribution in [0.5, 0.6) is 5.75 Å². The normalized spacial score (nSPS) is 13.5. The molecule has 0 heterocycles. The lowest BCUT2D eigenvalue weighted by Gasteiger charge is -2.13. The number of hydrogen-bond acceptors (Lipinski definition) is 3. The molecule has 0 bridgehead atoms. The molecule has 2 unspecified atom stereocenters. The molecule has 0 aliphatic carbocycles. The molecule has 0 N–H and O–H groups in total. The monoisotopic (exact) mass is 287 g/mol. The van der Waals surface area contributed by atoms with Crippen molar-refractivity contribution in [2.45, 2.75) is 46.5 Å². The van der Waals surface area contributed by atoms with E-state index < -0.39 is 5.92 Å². The second-order valence-corrected chi connectivity index (χ2v) is 6.02. The van der Waals surface area contributed by atoms with Gasteiger partial charge in [0.1, 0.15) is 11.7 Å². The Balaban J connectivity index is 2.74. The zero-order chi connectivity index (χ0) is 15.8. The van der Waals surface area contributed by atoms with Gasteiger partial charge in [0.15, 0.2) is 5.78 Å². The molecule has 3 heteroatoms. The minimum atomic E-state index is -0.668. The van der Waals surface area contributed by atoms with Crippen molar-refractivity contribution in [3.05, 3.63) is 29.8 Å². The van der Waals surface area contributed by atoms with Gasteiger partial charge in [0.05, 0.1) is 12.7 Å². The van der Waals surface area contributed by atoms with Gasteiger partial charge in [-0.15, -0.1) is 0 Å². The third-order valence-electron chi connectivity index (χ3n) is 3.49. The highest BCUT2D eigenvalue weighted by atomic mass is 16.5. The molecule has 0 aliphatic rings. The Labute approximate surface area is 127 Å². The van der Waals surface area contributed by atoms with Crippen molar-refractivity contribution < 1.29 is 9.53 Å². The fourth-order valence-corrected chi connectivity index (χ4v) is 1.96. The number of nitrogens with zero attached hydrogens (tertiary/aromatic N) is 1. The molecule has 0 spiro atoms. The van der Waals surface area contributed by atoms with Crippen molar-refractivity contribution in [3.8, 4) is 11.8 Å². The second kappa shape index (κ2) is 8.46. The average Bonchev–Trinajstić information content (AvgIpc) is 2.46. The molecule has 114 valence electrons. The standard InChI is InChI=1S/C18H25NO2/c1-5-14(4)10-18(20)17(11-19)15-6-8-16(9-7-15)21-12-13(2)3/h6-9,13-14,17H,5,10,12H2,1-4H3. The lowest BCUT2D eigenvalue weighted by atomic mass is 9.90. The van der Waals surface area contributed by atoms with Crippen LogP contribution in [-0.4, -0.2) is 12.4 Å². The summed E-state index contributed by atoms with van der Waals surface area (Å²) in [5.74, 6) is 0.898. The van der Waals surface area contributed by atoms with Crippen LogP contribution in [0.3, 0.4) is 0 Å². The summed E-state index contributed by atoms with van der Waals surface area (Å²) in [4.78, 5) is 12.2. The van der Waals surface area contributed by atoms with E-state index in [0.717, 1.165) is 17.7 Å². The van der Waals surface area contributed by atoms with Crippen LogP contribution in [0, 0.1) is 23.2 Å². The Morgan fingerprint density at radius 1 is 1.24 bits per heavy atom. The first kappa shape index (κ1) is 17.2. The summed E-state index contributed by atoms with van der Waals surface area (Å²) in [5, 5.41) is 9.28. The molecule has 0 saturated heterocycles. The zero-order valence-electron chi connectivity index (χ0n) is 13.4. The fraction of sp³-hybridized carbons (Fsp3) is 0.556. The third kappa shape index (κ3) is 5.59. The molecule has 0 aliphatic heterocycles. The third-order valence-corrected chi connectivity index (χ3v) is 3.49. The molecular weight excluding hydrogens is 262 g/mol. The van der Waals surface area contributed by atoms with Gasteiger partial charge in [-0.1, -0.05) is 46.2 Å². The molecule has 2 atom stereocenters. The first-order valence-corrected chi connectivity index (χ1v) is 7.63. The molecule has 1 aromatic rings. The fourth-order valence-electron chi connectivity index (χ4n) is 1.96. The summed E-state index contributed by atoms with van der Waals surface area (Å²) in [6.45, 7) is 8.94. The predicted molar refractivity (Wildman–Crippen MR) is 84.2 cm³/mol. The number of carbonyl (C=O) groups excluding carboxylic acids is 1. The van der Waals surface area contributed by atoms with E-state index in [-0.39, 0.29) is 5.78 Å². The lowest BCUT2D eigenvalue weighted by Crippen LogP contribution is -2.14. The van der Waals surface area contributed by atoms with Crippen molar-refractivity contribution in [1.29, 1.82) is 5.26 Å². The highest BCUT2D eigenvalue weighted by Crippen LogP contribution is 2.23. The minimum Gasteiger partial charge on any atom is -0.493 e. The summed E-state index contributed by atoms with van der Waals surface area (Å²) in [7, 11) is 0. The van der Waals surface area contributed by atoms with E-state index in [9.17, 15) is 10.1 Å². The van der Waals surface area contributed by atoms with E-state index >= 15 is 0 Å². The van der Waals surface area contributed by atoms with Gasteiger partial charge in [-0.3, -0.25) is 4.79 Å². The maximum absolute atomic E-state index is 12.2. The van der Waals surface area contributed by atoms with E-state index in [4.69, 9.17) is 4.74 Å². The number of carbonyl (C=O) groups is 1. The number of rotatable bonds is 8. The minimum absolute atomic E-state index is 0.00250. The maximum Gasteiger partial charge on any atom is 0.154 e. The van der Waals surface area contributed by atoms with Crippen LogP contribution in [0.2, 0.25) is 0 Å². The smallest absolute Gasteiger partial charge is 0.154 e. The van der Waals surface area contributed by atoms with Gasteiger partial charge in [0.2, 0.25) is 0 Å². The maximum atomic E-state index is 12.2. The summed E-state index contributed by atoms with van der Waals surface area (Å²) in [6, 6.07) is 9.43. The van der Waals surface area contributed by atoms with Gasteiger partial charge in [0, 0.05) is 6.42 Å². The second-order valence-electron chi connectivity index (χ2n) is 6.02. The van der Waals surface area contributed by atoms with Crippen molar-refractivity contribution in [2.75, 3.05) is 6.61 Å². The summed E-state index contributed by atoms with van der Waals surface area (Å²) < 4.78 is 5.61. The Morgan fingerprint density at radius 3 is 2.33 bits per heavy atom. The van der Waals surface area contributed by atoms with E-state index in [1.54, 1.807) is 0 Å². The largest absolute Gasteiger partial charge is 0.493 e. The molecule has 0 saturated carbocycles. The van der Waals surface area contributed by atoms with Crippen LogP contribution < -0.4 is 4.74 Å². The number of benzene rings is 1. The van der Waals surface area contributed by atoms with Crippen molar-refractivity contribution in [2.24, 2.45) is 11.8 Å². The first-order chi connectivity index (χ1) is 9.97. The molecular formula is C18H25NO2. The molecule has 21 heavy (non-hydrogen) atoms. The summed E-state index contributed by atoms with van der Waals surface area (Å²) in [5.41, 5.74) is 0.753. The Bertz CT molecular complexity index is 485. The summed E-state index contributed by atoms with van der Waals surface area (Å²) >= 11 is 0. The van der Waals surface area contributed by atoms with Crippen molar-refractivity contribution in [3.63, 3.8) is 0 Å². The molecule has 0 amide bonds. The van der Waals surface area contributed by atoms with Crippen LogP contribution in [0.4, 0.5) is 0 Å². The van der Waals surface area contributed by atoms with Gasteiger partial charge in [-0.2, -0.15) is 5.26 Å². The zero-order valence-corrected chi connectivity index (χ0v) is 13.4. The molecule has 1 aromatic carbocycles. The van der Waals surface area contributed by atoms with E-state index in [2.05, 4.69) is 26.8 Å². The van der Waals surface area contributed by atoms with Gasteiger partial charge in [-0.05, 0) is 29.5 Å². The highest BCUT2D eigenvalue weighted by Gasteiger charge is 2.21. The number of nitriles is 1. The lowest BCUT2D eigenvalue weighted by molar-refractivity contribution is -0.120. The molecule has 3 nitrogen and oxygen atoms in total. The van der Waals surface area contributed by atoms with Crippen LogP contribution >= 0.6 is 0 Å². The van der Waals surface area contributed by atoms with Crippen LogP contribution in [0.25, 0.3) is 0 Å². The van der Waals surface area contributed by atoms with Gasteiger partial charge < -0.3 is 4.74 Å². The van der Waals surface area contributed by atoms with E-state index in [0.29, 0.717) is 24.9 Å². The quantitative estimate of drug-likeness (QED) is 0.715. The Morgan fingerprint density at radius 2 is 1.86 bits per heavy atom. The Kier molecular flexibility index (Phi) is 6.94. The number of Topliss-reactive ketones (excluding diaryl/α,β-unsaturated/α-hetero) is 1. The van der Waals surface area contributed by atoms with Gasteiger partial charge in [0.25, 0.3) is 0 Å². The predicted octanol–water partition coefficient (Wildman–Crippen LogP) is 4.33. The molecule has 1 rings (SSSR count). The number of ether oxygens (including phenoxy) is 1. The molecule has 0 fully saturated rings. The molecule has 0 aromatic heterocycles. The first-order valence-electron chi connectivity index (χ1n) is 7.63. The number of hydrogen-bond donors (Lipinski definition) is 0. The van der Waals surface area contributed by atoms with E-state index in [1.165, 1.54) is 0 Å². The summed E-state index contributed by atoms with van der Waals surface area (Å²) in [6.07, 6.45) is 1.41. The van der Waals surface area contributed by atoms with Gasteiger partial charge >= 0.3 is 0 Å². The number of ketones is 1.